The van der Waals surface area contributed by atoms with Crippen molar-refractivity contribution in [3.8, 4) is 0 Å². The van der Waals surface area contributed by atoms with Crippen molar-refractivity contribution in [3.63, 3.8) is 0 Å². The van der Waals surface area contributed by atoms with Crippen LogP contribution in [-0.4, -0.2) is 18.2 Å². The van der Waals surface area contributed by atoms with Crippen molar-refractivity contribution in [2.45, 2.75) is 13.5 Å². The summed E-state index contributed by atoms with van der Waals surface area (Å²) in [6.07, 6.45) is 0. The van der Waals surface area contributed by atoms with Crippen LogP contribution in [0.3, 0.4) is 0 Å². The minimum atomic E-state index is -0.386. The van der Waals surface area contributed by atoms with Crippen LogP contribution in [0.5, 0.6) is 0 Å². The molecule has 4 nitrogen and oxygen atoms in total. The second kappa shape index (κ2) is 7.94. The van der Waals surface area contributed by atoms with Crippen molar-refractivity contribution in [1.29, 1.82) is 0 Å². The molecule has 6 heteroatoms. The van der Waals surface area contributed by atoms with E-state index in [1.807, 2.05) is 37.3 Å². The van der Waals surface area contributed by atoms with Crippen LogP contribution in [0, 0.1) is 6.92 Å². The zero-order valence-electron chi connectivity index (χ0n) is 12.9. The predicted octanol–water partition coefficient (Wildman–Crippen LogP) is 3.92. The summed E-state index contributed by atoms with van der Waals surface area (Å²) in [5.41, 5.74) is 3.15. The van der Waals surface area contributed by atoms with E-state index in [1.54, 1.807) is 12.1 Å². The number of aryl methyl sites for hydroxylation is 1. The quantitative estimate of drug-likeness (QED) is 0.648. The lowest BCUT2D eigenvalue weighted by Crippen LogP contribution is -2.28. The van der Waals surface area contributed by atoms with Crippen LogP contribution in [0.25, 0.3) is 0 Å². The van der Waals surface area contributed by atoms with Crippen LogP contribution in [-0.2, 0) is 11.3 Å². The minimum Gasteiger partial charge on any atom is -0.465 e. The monoisotopic (exact) mass is 348 g/mol. The van der Waals surface area contributed by atoms with Gasteiger partial charge in [-0.3, -0.25) is 0 Å². The Labute approximate surface area is 145 Å². The summed E-state index contributed by atoms with van der Waals surface area (Å²) in [6.45, 7) is 2.45. The molecule has 0 fully saturated rings. The number of halogens is 1. The highest BCUT2D eigenvalue weighted by atomic mass is 35.5. The van der Waals surface area contributed by atoms with Gasteiger partial charge in [-0.15, -0.1) is 0 Å². The molecule has 0 radical (unpaired) electrons. The molecule has 0 atom stereocenters. The maximum Gasteiger partial charge on any atom is 0.337 e. The summed E-state index contributed by atoms with van der Waals surface area (Å²) < 4.78 is 4.72. The molecule has 0 unspecified atom stereocenters. The number of nitrogens with one attached hydrogen (secondary N) is 2. The van der Waals surface area contributed by atoms with E-state index >= 15 is 0 Å². The average Bonchev–Trinajstić information content (AvgIpc) is 2.55. The van der Waals surface area contributed by atoms with Gasteiger partial charge in [0.25, 0.3) is 0 Å². The van der Waals surface area contributed by atoms with Crippen LogP contribution in [0.4, 0.5) is 5.69 Å². The van der Waals surface area contributed by atoms with Crippen molar-refractivity contribution in [1.82, 2.24) is 5.32 Å². The molecule has 0 aromatic heterocycles. The minimum absolute atomic E-state index is 0.386. The molecule has 2 rings (SSSR count). The molecule has 0 amide bonds. The number of methoxy groups -OCH3 is 1. The summed E-state index contributed by atoms with van der Waals surface area (Å²) in [5, 5.41) is 7.33. The second-order valence-electron chi connectivity index (χ2n) is 4.92. The molecule has 23 heavy (non-hydrogen) atoms. The highest BCUT2D eigenvalue weighted by Crippen LogP contribution is 2.18. The van der Waals surface area contributed by atoms with E-state index in [1.165, 1.54) is 7.11 Å². The van der Waals surface area contributed by atoms with Crippen molar-refractivity contribution in [2.24, 2.45) is 0 Å². The molecule has 0 bridgehead atoms. The number of thiocarbonyl (C=S) groups is 1. The molecule has 0 aliphatic rings. The van der Waals surface area contributed by atoms with Crippen molar-refractivity contribution >= 4 is 40.6 Å². The zero-order valence-corrected chi connectivity index (χ0v) is 14.4. The fourth-order valence-electron chi connectivity index (χ4n) is 1.99. The number of esters is 1. The Kier molecular flexibility index (Phi) is 5.96. The Balaban J connectivity index is 2.02. The first kappa shape index (κ1) is 17.2. The van der Waals surface area contributed by atoms with Gasteiger partial charge in [-0.25, -0.2) is 4.79 Å². The summed E-state index contributed by atoms with van der Waals surface area (Å²) in [4.78, 5) is 11.6. The first-order chi connectivity index (χ1) is 11.0. The van der Waals surface area contributed by atoms with Crippen LogP contribution in [0.2, 0.25) is 5.02 Å². The third-order valence-corrected chi connectivity index (χ3v) is 3.92. The Bertz CT molecular complexity index is 734. The number of hydrogen-bond donors (Lipinski definition) is 2. The SMILES string of the molecule is COC(=O)c1ccc(C)c(NC(=S)NCc2ccccc2Cl)c1. The predicted molar refractivity (Wildman–Crippen MR) is 97.0 cm³/mol. The summed E-state index contributed by atoms with van der Waals surface area (Å²) in [7, 11) is 1.35. The van der Waals surface area contributed by atoms with Gasteiger partial charge >= 0.3 is 5.97 Å². The smallest absolute Gasteiger partial charge is 0.337 e. The lowest BCUT2D eigenvalue weighted by atomic mass is 10.1. The highest BCUT2D eigenvalue weighted by molar-refractivity contribution is 7.80. The summed E-state index contributed by atoms with van der Waals surface area (Å²) >= 11 is 11.4. The van der Waals surface area contributed by atoms with Crippen LogP contribution >= 0.6 is 23.8 Å². The second-order valence-corrected chi connectivity index (χ2v) is 5.74. The van der Waals surface area contributed by atoms with Crippen molar-refractivity contribution in [3.05, 3.63) is 64.2 Å². The molecule has 0 saturated carbocycles. The van der Waals surface area contributed by atoms with Gasteiger partial charge in [-0.05, 0) is 48.5 Å². The van der Waals surface area contributed by atoms with Gasteiger partial charge in [0, 0.05) is 17.3 Å². The fourth-order valence-corrected chi connectivity index (χ4v) is 2.37. The van der Waals surface area contributed by atoms with Gasteiger partial charge in [0.1, 0.15) is 0 Å². The van der Waals surface area contributed by atoms with Gasteiger partial charge in [-0.1, -0.05) is 35.9 Å². The lowest BCUT2D eigenvalue weighted by Gasteiger charge is -2.14. The topological polar surface area (TPSA) is 50.4 Å². The molecule has 0 aliphatic carbocycles. The van der Waals surface area contributed by atoms with E-state index in [0.29, 0.717) is 22.2 Å². The van der Waals surface area contributed by atoms with E-state index in [9.17, 15) is 4.79 Å². The maximum absolute atomic E-state index is 11.6. The van der Waals surface area contributed by atoms with Gasteiger partial charge in [0.05, 0.1) is 12.7 Å². The Morgan fingerprint density at radius 1 is 1.26 bits per heavy atom. The third kappa shape index (κ3) is 4.68. The average molecular weight is 349 g/mol. The molecule has 0 heterocycles. The summed E-state index contributed by atoms with van der Waals surface area (Å²) in [6, 6.07) is 12.8. The van der Waals surface area contributed by atoms with Gasteiger partial charge in [0.2, 0.25) is 0 Å². The molecular formula is C17H17ClN2O2S. The number of anilines is 1. The van der Waals surface area contributed by atoms with Gasteiger partial charge in [0.15, 0.2) is 5.11 Å². The molecule has 0 aliphatic heterocycles. The van der Waals surface area contributed by atoms with E-state index in [0.717, 1.165) is 16.8 Å². The van der Waals surface area contributed by atoms with E-state index < -0.39 is 0 Å². The Morgan fingerprint density at radius 3 is 2.70 bits per heavy atom. The number of benzene rings is 2. The number of rotatable bonds is 4. The standard InChI is InChI=1S/C17H17ClN2O2S/c1-11-7-8-12(16(21)22-2)9-15(11)20-17(23)19-10-13-5-3-4-6-14(13)18/h3-9H,10H2,1-2H3,(H2,19,20,23). The van der Waals surface area contributed by atoms with E-state index in [4.69, 9.17) is 28.6 Å². The molecule has 120 valence electrons. The Hall–Kier alpha value is -2.11. The highest BCUT2D eigenvalue weighted by Gasteiger charge is 2.09. The fraction of sp³-hybridized carbons (Fsp3) is 0.176. The molecular weight excluding hydrogens is 332 g/mol. The van der Waals surface area contributed by atoms with E-state index in [2.05, 4.69) is 10.6 Å². The first-order valence-electron chi connectivity index (χ1n) is 6.98. The maximum atomic E-state index is 11.6. The molecule has 2 aromatic rings. The molecule has 2 N–H and O–H groups in total. The summed E-state index contributed by atoms with van der Waals surface area (Å²) in [5.74, 6) is -0.386. The third-order valence-electron chi connectivity index (χ3n) is 3.30. The molecule has 0 spiro atoms. The lowest BCUT2D eigenvalue weighted by molar-refractivity contribution is 0.0601. The van der Waals surface area contributed by atoms with Crippen molar-refractivity contribution in [2.75, 3.05) is 12.4 Å². The van der Waals surface area contributed by atoms with Crippen LogP contribution in [0.15, 0.2) is 42.5 Å². The number of hydrogen-bond acceptors (Lipinski definition) is 3. The van der Waals surface area contributed by atoms with Gasteiger partial charge < -0.3 is 15.4 Å². The normalized spacial score (nSPS) is 10.0. The van der Waals surface area contributed by atoms with Crippen LogP contribution in [0.1, 0.15) is 21.5 Å². The van der Waals surface area contributed by atoms with E-state index in [-0.39, 0.29) is 5.97 Å². The molecule has 0 saturated heterocycles. The largest absolute Gasteiger partial charge is 0.465 e. The Morgan fingerprint density at radius 2 is 2.00 bits per heavy atom. The number of carbonyl (C=O) groups excluding carboxylic acids is 1. The van der Waals surface area contributed by atoms with Crippen LogP contribution < -0.4 is 10.6 Å². The van der Waals surface area contributed by atoms with Gasteiger partial charge in [-0.2, -0.15) is 0 Å². The van der Waals surface area contributed by atoms with Crippen molar-refractivity contribution < 1.29 is 9.53 Å². The number of carbonyl (C=O) groups is 1. The zero-order chi connectivity index (χ0) is 16.8. The number of ether oxygens (including phenoxy) is 1. The first-order valence-corrected chi connectivity index (χ1v) is 7.77. The molecule has 2 aromatic carbocycles.